The minimum Gasteiger partial charge on any atom is -0.294 e. The molecule has 92 valence electrons. The lowest BCUT2D eigenvalue weighted by molar-refractivity contribution is 0.581. The predicted octanol–water partition coefficient (Wildman–Crippen LogP) is 2.77. The lowest BCUT2D eigenvalue weighted by Gasteiger charge is -1.99. The molecule has 0 unspecified atom stereocenters. The molecule has 0 amide bonds. The molecule has 1 aliphatic heterocycles. The quantitative estimate of drug-likeness (QED) is 0.721. The lowest BCUT2D eigenvalue weighted by Crippen LogP contribution is -2.01. The fourth-order valence-electron chi connectivity index (χ4n) is 1.59. The number of benzene rings is 1. The fraction of sp³-hybridized carbons (Fsp3) is 0.154. The van der Waals surface area contributed by atoms with Gasteiger partial charge in [0.15, 0.2) is 5.84 Å². The molecule has 18 heavy (non-hydrogen) atoms. The van der Waals surface area contributed by atoms with Crippen molar-refractivity contribution in [3.05, 3.63) is 47.2 Å². The minimum atomic E-state index is -0.678. The summed E-state index contributed by atoms with van der Waals surface area (Å²) in [6, 6.07) is 3.32. The molecule has 5 heteroatoms. The number of aliphatic imine (C=N–C) groups is 3. The molecule has 0 fully saturated rings. The second-order valence-corrected chi connectivity index (χ2v) is 3.62. The first-order chi connectivity index (χ1) is 8.65. The molecule has 1 aliphatic rings. The van der Waals surface area contributed by atoms with Gasteiger partial charge in [0, 0.05) is 19.3 Å². The Labute approximate surface area is 103 Å². The van der Waals surface area contributed by atoms with Crippen molar-refractivity contribution in [1.29, 1.82) is 0 Å². The maximum absolute atomic E-state index is 13.6. The molecule has 0 saturated heterocycles. The highest BCUT2D eigenvalue weighted by atomic mass is 19.1. The van der Waals surface area contributed by atoms with E-state index >= 15 is 0 Å². The molecule has 0 bridgehead atoms. The van der Waals surface area contributed by atoms with Crippen LogP contribution in [0.3, 0.4) is 0 Å². The largest absolute Gasteiger partial charge is 0.294 e. The van der Waals surface area contributed by atoms with Crippen molar-refractivity contribution in [2.45, 2.75) is 6.92 Å². The van der Waals surface area contributed by atoms with E-state index in [0.717, 1.165) is 6.07 Å². The van der Waals surface area contributed by atoms with Gasteiger partial charge in [-0.1, -0.05) is 6.08 Å². The second kappa shape index (κ2) is 5.00. The van der Waals surface area contributed by atoms with Crippen molar-refractivity contribution in [3.63, 3.8) is 0 Å². The van der Waals surface area contributed by atoms with E-state index in [-0.39, 0.29) is 11.4 Å². The molecule has 1 aromatic carbocycles. The third-order valence-electron chi connectivity index (χ3n) is 2.41. The molecular weight excluding hydrogens is 236 g/mol. The molecule has 2 rings (SSSR count). The highest BCUT2D eigenvalue weighted by Crippen LogP contribution is 2.18. The third-order valence-corrected chi connectivity index (χ3v) is 2.41. The second-order valence-electron chi connectivity index (χ2n) is 3.62. The Kier molecular flexibility index (Phi) is 3.41. The maximum atomic E-state index is 13.6. The fourth-order valence-corrected chi connectivity index (χ4v) is 1.59. The van der Waals surface area contributed by atoms with Crippen molar-refractivity contribution in [2.75, 3.05) is 7.05 Å². The Hall–Kier alpha value is -2.17. The number of halogens is 2. The van der Waals surface area contributed by atoms with E-state index in [1.165, 1.54) is 12.1 Å². The SMILES string of the molecule is C/C=C1/N=C(c2ccc(F)cc2F)N=C1C=NC. The van der Waals surface area contributed by atoms with E-state index in [1.54, 1.807) is 19.3 Å². The van der Waals surface area contributed by atoms with Crippen LogP contribution in [0.25, 0.3) is 0 Å². The van der Waals surface area contributed by atoms with E-state index in [1.807, 2.05) is 6.92 Å². The van der Waals surface area contributed by atoms with Crippen LogP contribution in [0.4, 0.5) is 8.78 Å². The first-order valence-electron chi connectivity index (χ1n) is 5.37. The van der Waals surface area contributed by atoms with E-state index in [9.17, 15) is 8.78 Å². The summed E-state index contributed by atoms with van der Waals surface area (Å²) in [5, 5.41) is 0. The van der Waals surface area contributed by atoms with Gasteiger partial charge in [0.2, 0.25) is 0 Å². The van der Waals surface area contributed by atoms with Crippen LogP contribution < -0.4 is 0 Å². The molecule has 0 spiro atoms. The molecule has 0 atom stereocenters. The number of hydrogen-bond donors (Lipinski definition) is 0. The summed E-state index contributed by atoms with van der Waals surface area (Å²) in [5.74, 6) is -1.07. The van der Waals surface area contributed by atoms with Crippen LogP contribution in [-0.2, 0) is 0 Å². The summed E-state index contributed by atoms with van der Waals surface area (Å²) in [4.78, 5) is 12.2. The van der Waals surface area contributed by atoms with Gasteiger partial charge < -0.3 is 0 Å². The van der Waals surface area contributed by atoms with Gasteiger partial charge in [-0.15, -0.1) is 0 Å². The van der Waals surface area contributed by atoms with Gasteiger partial charge in [0.1, 0.15) is 17.3 Å². The van der Waals surface area contributed by atoms with Crippen molar-refractivity contribution >= 4 is 17.8 Å². The van der Waals surface area contributed by atoms with Crippen LogP contribution in [0.2, 0.25) is 0 Å². The molecule has 1 aromatic rings. The minimum absolute atomic E-state index is 0.176. The summed E-state index contributed by atoms with van der Waals surface area (Å²) in [6.45, 7) is 1.81. The first kappa shape index (κ1) is 12.3. The molecule has 3 nitrogen and oxygen atoms in total. The van der Waals surface area contributed by atoms with Crippen molar-refractivity contribution in [3.8, 4) is 0 Å². The van der Waals surface area contributed by atoms with Gasteiger partial charge in [-0.2, -0.15) is 0 Å². The standard InChI is InChI=1S/C13H11F2N3/c1-3-11-12(7-16-2)18-13(17-11)9-5-4-8(14)6-10(9)15/h3-7H,1-2H3/b11-3+,16-7?. The van der Waals surface area contributed by atoms with Crippen LogP contribution in [0.15, 0.2) is 44.9 Å². The number of nitrogens with zero attached hydrogens (tertiary/aromatic N) is 3. The van der Waals surface area contributed by atoms with Gasteiger partial charge in [-0.3, -0.25) is 4.99 Å². The Morgan fingerprint density at radius 3 is 2.61 bits per heavy atom. The first-order valence-corrected chi connectivity index (χ1v) is 5.37. The molecular formula is C13H11F2N3. The van der Waals surface area contributed by atoms with Crippen LogP contribution in [0.5, 0.6) is 0 Å². The average Bonchev–Trinajstić information content (AvgIpc) is 2.72. The highest BCUT2D eigenvalue weighted by Gasteiger charge is 2.18. The number of rotatable bonds is 2. The molecule has 0 aliphatic carbocycles. The molecule has 0 aromatic heterocycles. The Bertz CT molecular complexity index is 598. The Morgan fingerprint density at radius 1 is 1.22 bits per heavy atom. The molecule has 1 heterocycles. The Balaban J connectivity index is 2.47. The molecule has 0 saturated carbocycles. The molecule has 0 N–H and O–H groups in total. The van der Waals surface area contributed by atoms with E-state index in [4.69, 9.17) is 0 Å². The highest BCUT2D eigenvalue weighted by molar-refractivity contribution is 6.42. The average molecular weight is 247 g/mol. The zero-order valence-electron chi connectivity index (χ0n) is 9.98. The summed E-state index contributed by atoms with van der Waals surface area (Å²) >= 11 is 0. The van der Waals surface area contributed by atoms with Gasteiger partial charge in [-0.05, 0) is 19.1 Å². The summed E-state index contributed by atoms with van der Waals surface area (Å²) in [6.07, 6.45) is 3.31. The summed E-state index contributed by atoms with van der Waals surface area (Å²) in [7, 11) is 1.62. The zero-order valence-corrected chi connectivity index (χ0v) is 9.98. The van der Waals surface area contributed by atoms with Crippen LogP contribution >= 0.6 is 0 Å². The van der Waals surface area contributed by atoms with Crippen molar-refractivity contribution in [2.24, 2.45) is 15.0 Å². The molecule has 0 radical (unpaired) electrons. The zero-order chi connectivity index (χ0) is 13.1. The lowest BCUT2D eigenvalue weighted by atomic mass is 10.2. The summed E-state index contributed by atoms with van der Waals surface area (Å²) < 4.78 is 26.4. The van der Waals surface area contributed by atoms with Crippen LogP contribution in [0, 0.1) is 11.6 Å². The Morgan fingerprint density at radius 2 is 2.00 bits per heavy atom. The van der Waals surface area contributed by atoms with Crippen molar-refractivity contribution in [1.82, 2.24) is 0 Å². The van der Waals surface area contributed by atoms with Gasteiger partial charge in [-0.25, -0.2) is 18.8 Å². The van der Waals surface area contributed by atoms with E-state index in [0.29, 0.717) is 11.4 Å². The summed E-state index contributed by atoms with van der Waals surface area (Å²) in [5.41, 5.74) is 1.37. The van der Waals surface area contributed by atoms with Gasteiger partial charge in [0.05, 0.1) is 11.3 Å². The smallest absolute Gasteiger partial charge is 0.163 e. The van der Waals surface area contributed by atoms with E-state index in [2.05, 4.69) is 15.0 Å². The van der Waals surface area contributed by atoms with Gasteiger partial charge >= 0.3 is 0 Å². The van der Waals surface area contributed by atoms with Crippen LogP contribution in [0.1, 0.15) is 12.5 Å². The van der Waals surface area contributed by atoms with Gasteiger partial charge in [0.25, 0.3) is 0 Å². The van der Waals surface area contributed by atoms with Crippen LogP contribution in [-0.4, -0.2) is 24.8 Å². The predicted molar refractivity (Wildman–Crippen MR) is 68.5 cm³/mol. The normalized spacial score (nSPS) is 17.4. The number of hydrogen-bond acceptors (Lipinski definition) is 3. The topological polar surface area (TPSA) is 37.1 Å². The number of allylic oxidation sites excluding steroid dienone is 2. The monoisotopic (exact) mass is 247 g/mol. The third kappa shape index (κ3) is 2.25. The maximum Gasteiger partial charge on any atom is 0.163 e. The van der Waals surface area contributed by atoms with Crippen molar-refractivity contribution < 1.29 is 8.78 Å². The number of amidine groups is 1. The van der Waals surface area contributed by atoms with E-state index < -0.39 is 11.6 Å².